The Bertz CT molecular complexity index is 880. The lowest BCUT2D eigenvalue weighted by Crippen LogP contribution is -2.52. The number of rotatable bonds is 3. The standard InChI is InChI=1S/C20H20ClN3O3/c21-14-4-3-5-15(12-14)24-19(26)13-17(20(24)27)23-10-8-22(9-11-23)16-6-1-2-7-18(16)25/h1-7,12,17,25H,8-11,13H2/t17-/m0/s1. The minimum absolute atomic E-state index is 0.182. The van der Waals surface area contributed by atoms with Gasteiger partial charge in [-0.1, -0.05) is 29.8 Å². The zero-order valence-electron chi connectivity index (χ0n) is 14.7. The van der Waals surface area contributed by atoms with Crippen LogP contribution in [-0.2, 0) is 9.59 Å². The van der Waals surface area contributed by atoms with E-state index >= 15 is 0 Å². The highest BCUT2D eigenvalue weighted by Gasteiger charge is 2.43. The van der Waals surface area contributed by atoms with E-state index in [1.165, 1.54) is 4.90 Å². The maximum absolute atomic E-state index is 12.9. The number of carbonyl (C=O) groups is 2. The van der Waals surface area contributed by atoms with Gasteiger partial charge in [0, 0.05) is 31.2 Å². The number of nitrogens with zero attached hydrogens (tertiary/aromatic N) is 3. The van der Waals surface area contributed by atoms with Crippen molar-refractivity contribution in [3.63, 3.8) is 0 Å². The van der Waals surface area contributed by atoms with Crippen LogP contribution in [-0.4, -0.2) is 54.0 Å². The maximum atomic E-state index is 12.9. The molecule has 0 bridgehead atoms. The summed E-state index contributed by atoms with van der Waals surface area (Å²) in [6, 6.07) is 13.6. The summed E-state index contributed by atoms with van der Waals surface area (Å²) < 4.78 is 0. The number of phenolic OH excluding ortho intramolecular Hbond substituents is 1. The van der Waals surface area contributed by atoms with Gasteiger partial charge >= 0.3 is 0 Å². The summed E-state index contributed by atoms with van der Waals surface area (Å²) in [7, 11) is 0. The molecule has 2 aromatic carbocycles. The predicted octanol–water partition coefficient (Wildman–Crippen LogP) is 2.50. The monoisotopic (exact) mass is 385 g/mol. The second-order valence-electron chi connectivity index (χ2n) is 6.78. The van der Waals surface area contributed by atoms with E-state index in [0.29, 0.717) is 36.9 Å². The topological polar surface area (TPSA) is 64.1 Å². The van der Waals surface area contributed by atoms with Crippen molar-refractivity contribution in [1.29, 1.82) is 0 Å². The van der Waals surface area contributed by atoms with Gasteiger partial charge in [-0.2, -0.15) is 0 Å². The number of aromatic hydroxyl groups is 1. The van der Waals surface area contributed by atoms with Crippen LogP contribution in [0.3, 0.4) is 0 Å². The van der Waals surface area contributed by atoms with E-state index in [2.05, 4.69) is 9.80 Å². The molecule has 0 aliphatic carbocycles. The van der Waals surface area contributed by atoms with E-state index in [0.717, 1.165) is 5.69 Å². The number of anilines is 2. The summed E-state index contributed by atoms with van der Waals surface area (Å²) in [5.74, 6) is -0.140. The Morgan fingerprint density at radius 3 is 2.41 bits per heavy atom. The van der Waals surface area contributed by atoms with Crippen molar-refractivity contribution in [2.24, 2.45) is 0 Å². The molecule has 2 heterocycles. The molecule has 0 aromatic heterocycles. The molecule has 2 aliphatic heterocycles. The number of carbonyl (C=O) groups excluding carboxylic acids is 2. The molecular weight excluding hydrogens is 366 g/mol. The molecule has 27 heavy (non-hydrogen) atoms. The van der Waals surface area contributed by atoms with Gasteiger partial charge in [-0.15, -0.1) is 0 Å². The Labute approximate surface area is 162 Å². The van der Waals surface area contributed by atoms with Crippen LogP contribution in [0.2, 0.25) is 5.02 Å². The largest absolute Gasteiger partial charge is 0.506 e. The van der Waals surface area contributed by atoms with Crippen LogP contribution in [0.1, 0.15) is 6.42 Å². The van der Waals surface area contributed by atoms with Crippen LogP contribution in [0.5, 0.6) is 5.75 Å². The molecule has 2 saturated heterocycles. The Balaban J connectivity index is 1.45. The highest BCUT2D eigenvalue weighted by Crippen LogP contribution is 2.30. The predicted molar refractivity (Wildman–Crippen MR) is 104 cm³/mol. The molecule has 2 aromatic rings. The third-order valence-corrected chi connectivity index (χ3v) is 5.40. The lowest BCUT2D eigenvalue weighted by atomic mass is 10.1. The first-order valence-electron chi connectivity index (χ1n) is 8.94. The van der Waals surface area contributed by atoms with E-state index in [4.69, 9.17) is 11.6 Å². The van der Waals surface area contributed by atoms with Gasteiger partial charge in [-0.25, -0.2) is 4.90 Å². The van der Waals surface area contributed by atoms with E-state index < -0.39 is 6.04 Å². The molecule has 2 amide bonds. The number of imide groups is 1. The fourth-order valence-corrected chi connectivity index (χ4v) is 3.98. The average Bonchev–Trinajstić information content (AvgIpc) is 2.96. The summed E-state index contributed by atoms with van der Waals surface area (Å²) in [4.78, 5) is 30.8. The average molecular weight is 386 g/mol. The van der Waals surface area contributed by atoms with Gasteiger partial charge in [0.25, 0.3) is 5.91 Å². The molecule has 1 atom stereocenters. The number of para-hydroxylation sites is 2. The number of hydrogen-bond acceptors (Lipinski definition) is 5. The summed E-state index contributed by atoms with van der Waals surface area (Å²) in [5, 5.41) is 10.5. The smallest absolute Gasteiger partial charge is 0.251 e. The molecule has 1 N–H and O–H groups in total. The van der Waals surface area contributed by atoms with Crippen LogP contribution in [0.4, 0.5) is 11.4 Å². The van der Waals surface area contributed by atoms with Crippen LogP contribution in [0.25, 0.3) is 0 Å². The zero-order chi connectivity index (χ0) is 19.0. The molecule has 6 nitrogen and oxygen atoms in total. The van der Waals surface area contributed by atoms with Gasteiger partial charge in [-0.05, 0) is 30.3 Å². The van der Waals surface area contributed by atoms with Crippen molar-refractivity contribution < 1.29 is 14.7 Å². The molecule has 0 radical (unpaired) electrons. The summed E-state index contributed by atoms with van der Waals surface area (Å²) >= 11 is 6.01. The Morgan fingerprint density at radius 1 is 0.963 bits per heavy atom. The van der Waals surface area contributed by atoms with Gasteiger partial charge in [0.1, 0.15) is 5.75 Å². The fraction of sp³-hybridized carbons (Fsp3) is 0.300. The van der Waals surface area contributed by atoms with Gasteiger partial charge in [0.2, 0.25) is 5.91 Å². The Morgan fingerprint density at radius 2 is 1.70 bits per heavy atom. The normalized spacial score (nSPS) is 21.1. The van der Waals surface area contributed by atoms with E-state index in [9.17, 15) is 14.7 Å². The number of hydrogen-bond donors (Lipinski definition) is 1. The van der Waals surface area contributed by atoms with E-state index in [1.807, 2.05) is 12.1 Å². The summed E-state index contributed by atoms with van der Waals surface area (Å²) in [6.45, 7) is 2.68. The number of phenols is 1. The van der Waals surface area contributed by atoms with Gasteiger partial charge in [0.15, 0.2) is 0 Å². The Hall–Kier alpha value is -2.57. The summed E-state index contributed by atoms with van der Waals surface area (Å²) in [6.07, 6.45) is 0.182. The first-order chi connectivity index (χ1) is 13.0. The molecule has 7 heteroatoms. The molecule has 0 unspecified atom stereocenters. The van der Waals surface area contributed by atoms with Crippen molar-refractivity contribution in [2.45, 2.75) is 12.5 Å². The first-order valence-corrected chi connectivity index (χ1v) is 9.32. The van der Waals surface area contributed by atoms with Crippen LogP contribution >= 0.6 is 11.6 Å². The van der Waals surface area contributed by atoms with Crippen LogP contribution in [0.15, 0.2) is 48.5 Å². The SMILES string of the molecule is O=C1C[C@H](N2CCN(c3ccccc3O)CC2)C(=O)N1c1cccc(Cl)c1. The number of halogens is 1. The van der Waals surface area contributed by atoms with Crippen molar-refractivity contribution >= 4 is 34.8 Å². The molecule has 4 rings (SSSR count). The quantitative estimate of drug-likeness (QED) is 0.822. The lowest BCUT2D eigenvalue weighted by molar-refractivity contribution is -0.123. The van der Waals surface area contributed by atoms with Crippen LogP contribution in [0, 0.1) is 0 Å². The highest BCUT2D eigenvalue weighted by molar-refractivity contribution is 6.31. The highest BCUT2D eigenvalue weighted by atomic mass is 35.5. The van der Waals surface area contributed by atoms with E-state index in [-0.39, 0.29) is 24.0 Å². The van der Waals surface area contributed by atoms with E-state index in [1.54, 1.807) is 36.4 Å². The maximum Gasteiger partial charge on any atom is 0.251 e. The zero-order valence-corrected chi connectivity index (χ0v) is 15.5. The molecule has 140 valence electrons. The molecule has 0 spiro atoms. The van der Waals surface area contributed by atoms with Gasteiger partial charge in [0.05, 0.1) is 23.8 Å². The number of piperazine rings is 1. The molecule has 0 saturated carbocycles. The second kappa shape index (κ2) is 7.21. The Kier molecular flexibility index (Phi) is 4.76. The summed E-state index contributed by atoms with van der Waals surface area (Å²) in [5.41, 5.74) is 1.32. The molecule has 2 aliphatic rings. The van der Waals surface area contributed by atoms with Crippen molar-refractivity contribution in [3.8, 4) is 5.75 Å². The first kappa shape index (κ1) is 17.8. The van der Waals surface area contributed by atoms with Crippen molar-refractivity contribution in [2.75, 3.05) is 36.0 Å². The van der Waals surface area contributed by atoms with Gasteiger partial charge < -0.3 is 10.0 Å². The van der Waals surface area contributed by atoms with Gasteiger partial charge in [-0.3, -0.25) is 14.5 Å². The second-order valence-corrected chi connectivity index (χ2v) is 7.22. The minimum atomic E-state index is -0.442. The fourth-order valence-electron chi connectivity index (χ4n) is 3.79. The van der Waals surface area contributed by atoms with Crippen LogP contribution < -0.4 is 9.80 Å². The van der Waals surface area contributed by atoms with Crippen molar-refractivity contribution in [3.05, 3.63) is 53.6 Å². The molecular formula is C20H20ClN3O3. The minimum Gasteiger partial charge on any atom is -0.506 e. The third-order valence-electron chi connectivity index (χ3n) is 5.17. The number of amides is 2. The molecule has 2 fully saturated rings. The lowest BCUT2D eigenvalue weighted by Gasteiger charge is -2.38. The third kappa shape index (κ3) is 3.38. The number of benzene rings is 2. The van der Waals surface area contributed by atoms with Crippen molar-refractivity contribution in [1.82, 2.24) is 4.90 Å².